The standard InChI is InChI=1S/C24H28N4O2/c1-27(2)13-12-19-15-25-21-10-8-17(14-20(19)21)9-11-22-23(29)28(24(30)26-22)16-18-6-4-3-5-7-18/h3-8,10,14-15,25,29H,9,11-13,16H2,1-2H3,(H,26,30). The van der Waals surface area contributed by atoms with Gasteiger partial charge < -0.3 is 20.0 Å². The average molecular weight is 405 g/mol. The molecule has 0 aliphatic carbocycles. The second-order valence-electron chi connectivity index (χ2n) is 8.05. The second-order valence-corrected chi connectivity index (χ2v) is 8.05. The number of imidazole rings is 1. The van der Waals surface area contributed by atoms with Gasteiger partial charge in [0.2, 0.25) is 5.88 Å². The van der Waals surface area contributed by atoms with Gasteiger partial charge in [-0.3, -0.25) is 4.57 Å². The lowest BCUT2D eigenvalue weighted by molar-refractivity contribution is 0.414. The number of nitrogens with zero attached hydrogens (tertiary/aromatic N) is 2. The normalized spacial score (nSPS) is 11.6. The molecule has 2 heterocycles. The van der Waals surface area contributed by atoms with E-state index in [-0.39, 0.29) is 11.6 Å². The topological polar surface area (TPSA) is 77.0 Å². The van der Waals surface area contributed by atoms with Crippen LogP contribution in [0.1, 0.15) is 22.4 Å². The number of hydrogen-bond acceptors (Lipinski definition) is 3. The van der Waals surface area contributed by atoms with Gasteiger partial charge in [0.05, 0.1) is 12.2 Å². The lowest BCUT2D eigenvalue weighted by atomic mass is 10.0. The Kier molecular flexibility index (Phi) is 5.77. The maximum atomic E-state index is 12.3. The summed E-state index contributed by atoms with van der Waals surface area (Å²) >= 11 is 0. The van der Waals surface area contributed by atoms with Gasteiger partial charge >= 0.3 is 5.69 Å². The van der Waals surface area contributed by atoms with Crippen molar-refractivity contribution in [3.63, 3.8) is 0 Å². The van der Waals surface area contributed by atoms with Gasteiger partial charge in [0.25, 0.3) is 0 Å². The van der Waals surface area contributed by atoms with Crippen molar-refractivity contribution in [2.75, 3.05) is 20.6 Å². The van der Waals surface area contributed by atoms with Crippen LogP contribution in [0.25, 0.3) is 10.9 Å². The third-order valence-corrected chi connectivity index (χ3v) is 5.54. The van der Waals surface area contributed by atoms with E-state index in [1.807, 2.05) is 30.3 Å². The van der Waals surface area contributed by atoms with Gasteiger partial charge in [0.1, 0.15) is 0 Å². The number of likely N-dealkylation sites (N-methyl/N-ethyl adjacent to an activating group) is 1. The number of hydrogen-bond donors (Lipinski definition) is 3. The highest BCUT2D eigenvalue weighted by Gasteiger charge is 2.14. The molecule has 4 rings (SSSR count). The quantitative estimate of drug-likeness (QED) is 0.422. The summed E-state index contributed by atoms with van der Waals surface area (Å²) in [5.41, 5.74) is 4.91. The predicted molar refractivity (Wildman–Crippen MR) is 120 cm³/mol. The van der Waals surface area contributed by atoms with E-state index in [9.17, 15) is 9.90 Å². The molecule has 6 heteroatoms. The highest BCUT2D eigenvalue weighted by Crippen LogP contribution is 2.22. The first-order valence-electron chi connectivity index (χ1n) is 10.3. The fraction of sp³-hybridized carbons (Fsp3) is 0.292. The van der Waals surface area contributed by atoms with Crippen molar-refractivity contribution < 1.29 is 5.11 Å². The van der Waals surface area contributed by atoms with E-state index in [0.29, 0.717) is 18.7 Å². The number of aromatic nitrogens is 3. The van der Waals surface area contributed by atoms with Crippen LogP contribution in [0.5, 0.6) is 5.88 Å². The summed E-state index contributed by atoms with van der Waals surface area (Å²) in [6.07, 6.45) is 4.40. The van der Waals surface area contributed by atoms with Crippen molar-refractivity contribution in [1.82, 2.24) is 19.4 Å². The molecule has 0 atom stereocenters. The minimum atomic E-state index is -0.279. The van der Waals surface area contributed by atoms with Crippen molar-refractivity contribution in [1.29, 1.82) is 0 Å². The Morgan fingerprint density at radius 2 is 1.80 bits per heavy atom. The number of benzene rings is 2. The van der Waals surface area contributed by atoms with Crippen LogP contribution in [0.15, 0.2) is 59.5 Å². The van der Waals surface area contributed by atoms with E-state index in [1.54, 1.807) is 0 Å². The third-order valence-electron chi connectivity index (χ3n) is 5.54. The van der Waals surface area contributed by atoms with Crippen LogP contribution in [0.2, 0.25) is 0 Å². The smallest absolute Gasteiger partial charge is 0.328 e. The van der Waals surface area contributed by atoms with Gasteiger partial charge in [0.15, 0.2) is 0 Å². The van der Waals surface area contributed by atoms with Gasteiger partial charge in [-0.15, -0.1) is 0 Å². The molecular weight excluding hydrogens is 376 g/mol. The van der Waals surface area contributed by atoms with E-state index < -0.39 is 0 Å². The number of fused-ring (bicyclic) bond motifs is 1. The molecule has 0 radical (unpaired) electrons. The van der Waals surface area contributed by atoms with E-state index in [1.165, 1.54) is 21.1 Å². The Balaban J connectivity index is 1.49. The number of nitrogens with one attached hydrogen (secondary N) is 2. The van der Waals surface area contributed by atoms with Crippen molar-refractivity contribution >= 4 is 10.9 Å². The van der Waals surface area contributed by atoms with Gasteiger partial charge in [0, 0.05) is 23.6 Å². The van der Waals surface area contributed by atoms with Crippen molar-refractivity contribution in [3.05, 3.63) is 87.6 Å². The van der Waals surface area contributed by atoms with Crippen LogP contribution in [-0.4, -0.2) is 45.2 Å². The molecular formula is C24H28N4O2. The van der Waals surface area contributed by atoms with Crippen LogP contribution < -0.4 is 5.69 Å². The number of aromatic amines is 2. The van der Waals surface area contributed by atoms with Crippen LogP contribution in [0.3, 0.4) is 0 Å². The fourth-order valence-electron chi connectivity index (χ4n) is 3.80. The highest BCUT2D eigenvalue weighted by atomic mass is 16.3. The average Bonchev–Trinajstić information content (AvgIpc) is 3.26. The summed E-state index contributed by atoms with van der Waals surface area (Å²) in [6, 6.07) is 16.1. The highest BCUT2D eigenvalue weighted by molar-refractivity contribution is 5.83. The zero-order chi connectivity index (χ0) is 21.1. The lowest BCUT2D eigenvalue weighted by Gasteiger charge is -2.08. The Morgan fingerprint density at radius 3 is 2.57 bits per heavy atom. The largest absolute Gasteiger partial charge is 0.493 e. The monoisotopic (exact) mass is 404 g/mol. The Bertz CT molecular complexity index is 1190. The van der Waals surface area contributed by atoms with Crippen LogP contribution >= 0.6 is 0 Å². The molecule has 4 aromatic rings. The van der Waals surface area contributed by atoms with Gasteiger partial charge in [-0.2, -0.15) is 0 Å². The summed E-state index contributed by atoms with van der Waals surface area (Å²) in [5, 5.41) is 11.8. The molecule has 2 aromatic carbocycles. The van der Waals surface area contributed by atoms with Crippen molar-refractivity contribution in [2.45, 2.75) is 25.8 Å². The van der Waals surface area contributed by atoms with E-state index in [2.05, 4.69) is 53.4 Å². The second kappa shape index (κ2) is 8.63. The molecule has 0 saturated heterocycles. The summed E-state index contributed by atoms with van der Waals surface area (Å²) < 4.78 is 1.39. The molecule has 0 fully saturated rings. The lowest BCUT2D eigenvalue weighted by Crippen LogP contribution is -2.17. The summed E-state index contributed by atoms with van der Waals surface area (Å²) in [5.74, 6) is 0.0262. The Hall–Kier alpha value is -3.25. The number of rotatable bonds is 8. The van der Waals surface area contributed by atoms with Gasteiger partial charge in [-0.25, -0.2) is 4.79 Å². The number of aromatic hydroxyl groups is 1. The SMILES string of the molecule is CN(C)CCc1c[nH]c2ccc(CCc3[nH]c(=O)n(Cc4ccccc4)c3O)cc12. The summed E-state index contributed by atoms with van der Waals surface area (Å²) in [6.45, 7) is 1.35. The third kappa shape index (κ3) is 4.33. The summed E-state index contributed by atoms with van der Waals surface area (Å²) in [7, 11) is 4.16. The van der Waals surface area contributed by atoms with Gasteiger partial charge in [-0.1, -0.05) is 36.4 Å². The fourth-order valence-corrected chi connectivity index (χ4v) is 3.80. The Morgan fingerprint density at radius 1 is 1.00 bits per heavy atom. The minimum Gasteiger partial charge on any atom is -0.493 e. The predicted octanol–water partition coefficient (Wildman–Crippen LogP) is 3.30. The molecule has 0 aliphatic rings. The van der Waals surface area contributed by atoms with Crippen molar-refractivity contribution in [3.8, 4) is 5.88 Å². The zero-order valence-corrected chi connectivity index (χ0v) is 17.5. The van der Waals surface area contributed by atoms with Crippen LogP contribution in [0.4, 0.5) is 0 Å². The molecule has 2 aromatic heterocycles. The van der Waals surface area contributed by atoms with Gasteiger partial charge in [-0.05, 0) is 62.2 Å². The Labute approximate surface area is 175 Å². The maximum Gasteiger partial charge on any atom is 0.328 e. The molecule has 0 bridgehead atoms. The van der Waals surface area contributed by atoms with Crippen LogP contribution in [0, 0.1) is 0 Å². The summed E-state index contributed by atoms with van der Waals surface area (Å²) in [4.78, 5) is 20.7. The number of H-pyrrole nitrogens is 2. The molecule has 3 N–H and O–H groups in total. The molecule has 0 saturated carbocycles. The van der Waals surface area contributed by atoms with E-state index >= 15 is 0 Å². The van der Waals surface area contributed by atoms with Crippen LogP contribution in [-0.2, 0) is 25.8 Å². The number of aryl methyl sites for hydroxylation is 2. The van der Waals surface area contributed by atoms with E-state index in [4.69, 9.17) is 0 Å². The molecule has 0 aliphatic heterocycles. The molecule has 6 nitrogen and oxygen atoms in total. The molecule has 0 unspecified atom stereocenters. The first-order valence-corrected chi connectivity index (χ1v) is 10.3. The van der Waals surface area contributed by atoms with Crippen molar-refractivity contribution in [2.24, 2.45) is 0 Å². The minimum absolute atomic E-state index is 0.0262. The first kappa shape index (κ1) is 20.0. The van der Waals surface area contributed by atoms with E-state index in [0.717, 1.165) is 30.5 Å². The molecule has 156 valence electrons. The first-order chi connectivity index (χ1) is 14.5. The molecule has 0 spiro atoms. The zero-order valence-electron chi connectivity index (χ0n) is 17.5. The molecule has 30 heavy (non-hydrogen) atoms. The molecule has 0 amide bonds. The maximum absolute atomic E-state index is 12.3.